The molecule has 1 fully saturated rings. The highest BCUT2D eigenvalue weighted by Crippen LogP contribution is 2.36. The highest BCUT2D eigenvalue weighted by atomic mass is 19.1. The van der Waals surface area contributed by atoms with E-state index in [1.807, 2.05) is 32.9 Å². The topological polar surface area (TPSA) is 101 Å². The Balaban J connectivity index is 1.32. The molecule has 0 aliphatic carbocycles. The first-order chi connectivity index (χ1) is 22.2. The first-order valence-electron chi connectivity index (χ1n) is 16.3. The van der Waals surface area contributed by atoms with Gasteiger partial charge in [0.05, 0.1) is 12.8 Å². The fourth-order valence-corrected chi connectivity index (χ4v) is 5.38. The zero-order valence-corrected chi connectivity index (χ0v) is 27.6. The van der Waals surface area contributed by atoms with Crippen LogP contribution in [0, 0.1) is 12.7 Å². The number of methoxy groups -OCH3 is 1. The molecule has 4 rings (SSSR count). The van der Waals surface area contributed by atoms with Crippen LogP contribution in [-0.2, 0) is 0 Å². The second-order valence-corrected chi connectivity index (χ2v) is 11.7. The van der Waals surface area contributed by atoms with Crippen molar-refractivity contribution in [2.75, 3.05) is 37.4 Å². The van der Waals surface area contributed by atoms with Gasteiger partial charge in [0, 0.05) is 42.5 Å². The number of unbranched alkanes of at least 4 members (excludes halogenated alkanes) is 1. The number of hydrogen-bond acceptors (Lipinski definition) is 6. The van der Waals surface area contributed by atoms with Gasteiger partial charge in [-0.1, -0.05) is 27.2 Å². The van der Waals surface area contributed by atoms with Crippen molar-refractivity contribution in [2.24, 2.45) is 0 Å². The van der Waals surface area contributed by atoms with E-state index in [4.69, 9.17) is 14.2 Å². The average Bonchev–Trinajstić information content (AvgIpc) is 3.06. The molecule has 3 amide bonds. The van der Waals surface area contributed by atoms with E-state index in [-0.39, 0.29) is 35.2 Å². The predicted octanol–water partition coefficient (Wildman–Crippen LogP) is 8.14. The van der Waals surface area contributed by atoms with Crippen LogP contribution in [0.15, 0.2) is 54.6 Å². The van der Waals surface area contributed by atoms with Gasteiger partial charge in [0.25, 0.3) is 5.91 Å². The smallest absolute Gasteiger partial charge is 0.319 e. The van der Waals surface area contributed by atoms with Gasteiger partial charge in [-0.3, -0.25) is 4.79 Å². The molecule has 3 aromatic rings. The van der Waals surface area contributed by atoms with Crippen LogP contribution in [0.3, 0.4) is 0 Å². The third-order valence-electron chi connectivity index (χ3n) is 8.26. The molecule has 0 bridgehead atoms. The molecule has 9 nitrogen and oxygen atoms in total. The summed E-state index contributed by atoms with van der Waals surface area (Å²) in [5, 5.41) is 8.26. The fourth-order valence-electron chi connectivity index (χ4n) is 5.38. The molecular formula is C36H47FN4O5. The average molecular weight is 635 g/mol. The van der Waals surface area contributed by atoms with Crippen molar-refractivity contribution in [3.63, 3.8) is 0 Å². The number of nitrogens with zero attached hydrogens (tertiary/aromatic N) is 1. The number of nitrogens with one attached hydrogen (secondary N) is 3. The van der Waals surface area contributed by atoms with Crippen LogP contribution < -0.4 is 30.2 Å². The Bertz CT molecular complexity index is 1450. The molecule has 1 saturated heterocycles. The van der Waals surface area contributed by atoms with Gasteiger partial charge in [-0.25, -0.2) is 9.18 Å². The first kappa shape index (κ1) is 34.6. The minimum atomic E-state index is -0.668. The lowest BCUT2D eigenvalue weighted by Crippen LogP contribution is -2.38. The maximum Gasteiger partial charge on any atom is 0.319 e. The second kappa shape index (κ2) is 16.8. The number of carbonyl (C=O) groups excluding carboxylic acids is 2. The molecule has 0 aromatic heterocycles. The van der Waals surface area contributed by atoms with Crippen LogP contribution in [0.2, 0.25) is 0 Å². The molecule has 248 valence electrons. The molecule has 0 atom stereocenters. The van der Waals surface area contributed by atoms with E-state index in [2.05, 4.69) is 27.8 Å². The molecule has 0 spiro atoms. The lowest BCUT2D eigenvalue weighted by Gasteiger charge is -2.32. The van der Waals surface area contributed by atoms with Crippen LogP contribution >= 0.6 is 0 Å². The SMILES string of the molecule is CCCCN1CCC(Oc2ccc(C(=O)Nc3ccc(Oc4cc(F)c(NC(=O)NC(CC)CC)cc4OC)cc3)cc2C)CC1. The van der Waals surface area contributed by atoms with Crippen LogP contribution in [0.25, 0.3) is 0 Å². The fraction of sp³-hybridized carbons (Fsp3) is 0.444. The third-order valence-corrected chi connectivity index (χ3v) is 8.26. The van der Waals surface area contributed by atoms with Crippen molar-refractivity contribution >= 4 is 23.3 Å². The van der Waals surface area contributed by atoms with Gasteiger partial charge in [-0.2, -0.15) is 0 Å². The zero-order valence-electron chi connectivity index (χ0n) is 27.6. The summed E-state index contributed by atoms with van der Waals surface area (Å²) in [6.07, 6.45) is 6.19. The lowest BCUT2D eigenvalue weighted by molar-refractivity contribution is 0.0991. The summed E-state index contributed by atoms with van der Waals surface area (Å²) in [5.74, 6) is 0.702. The van der Waals surface area contributed by atoms with E-state index in [1.165, 1.54) is 26.0 Å². The molecule has 46 heavy (non-hydrogen) atoms. The number of urea groups is 1. The zero-order chi connectivity index (χ0) is 33.1. The van der Waals surface area contributed by atoms with Gasteiger partial charge in [-0.15, -0.1) is 0 Å². The number of piperidine rings is 1. The van der Waals surface area contributed by atoms with Gasteiger partial charge >= 0.3 is 6.03 Å². The summed E-state index contributed by atoms with van der Waals surface area (Å²) in [7, 11) is 1.44. The van der Waals surface area contributed by atoms with Crippen LogP contribution in [-0.4, -0.2) is 55.7 Å². The van der Waals surface area contributed by atoms with Gasteiger partial charge in [0.1, 0.15) is 17.6 Å². The highest BCUT2D eigenvalue weighted by Gasteiger charge is 2.21. The summed E-state index contributed by atoms with van der Waals surface area (Å²) in [5.41, 5.74) is 2.00. The van der Waals surface area contributed by atoms with Crippen LogP contribution in [0.1, 0.15) is 75.2 Å². The lowest BCUT2D eigenvalue weighted by atomic mass is 10.1. The molecule has 3 N–H and O–H groups in total. The predicted molar refractivity (Wildman–Crippen MR) is 180 cm³/mol. The molecule has 1 heterocycles. The number of aryl methyl sites for hydroxylation is 1. The third kappa shape index (κ3) is 9.59. The Hall–Kier alpha value is -4.31. The van der Waals surface area contributed by atoms with Gasteiger partial charge in [-0.05, 0) is 93.6 Å². The van der Waals surface area contributed by atoms with Gasteiger partial charge < -0.3 is 35.1 Å². The summed E-state index contributed by atoms with van der Waals surface area (Å²) in [6, 6.07) is 14.3. The number of benzene rings is 3. The number of likely N-dealkylation sites (tertiary alicyclic amines) is 1. The summed E-state index contributed by atoms with van der Waals surface area (Å²) >= 11 is 0. The van der Waals surface area contributed by atoms with Crippen molar-refractivity contribution in [1.82, 2.24) is 10.2 Å². The molecule has 3 aromatic carbocycles. The van der Waals surface area contributed by atoms with E-state index in [0.29, 0.717) is 17.0 Å². The Morgan fingerprint density at radius 1 is 0.935 bits per heavy atom. The number of ether oxygens (including phenoxy) is 3. The minimum absolute atomic E-state index is 0.00196. The largest absolute Gasteiger partial charge is 0.493 e. The van der Waals surface area contributed by atoms with Crippen molar-refractivity contribution in [3.8, 4) is 23.0 Å². The maximum atomic E-state index is 14.9. The monoisotopic (exact) mass is 634 g/mol. The Kier molecular flexibility index (Phi) is 12.7. The van der Waals surface area contributed by atoms with E-state index in [9.17, 15) is 14.0 Å². The Morgan fingerprint density at radius 2 is 1.65 bits per heavy atom. The number of rotatable bonds is 14. The van der Waals surface area contributed by atoms with Crippen LogP contribution in [0.5, 0.6) is 23.0 Å². The van der Waals surface area contributed by atoms with E-state index in [1.54, 1.807) is 30.3 Å². The molecule has 0 radical (unpaired) electrons. The summed E-state index contributed by atoms with van der Waals surface area (Å²) < 4.78 is 32.5. The van der Waals surface area contributed by atoms with Crippen molar-refractivity contribution in [3.05, 3.63) is 71.5 Å². The molecule has 0 unspecified atom stereocenters. The van der Waals surface area contributed by atoms with E-state index >= 15 is 0 Å². The Morgan fingerprint density at radius 3 is 2.28 bits per heavy atom. The van der Waals surface area contributed by atoms with E-state index in [0.717, 1.165) is 62.7 Å². The number of carbonyl (C=O) groups is 2. The van der Waals surface area contributed by atoms with E-state index < -0.39 is 11.8 Å². The molecule has 0 saturated carbocycles. The maximum absolute atomic E-state index is 14.9. The normalized spacial score (nSPS) is 13.7. The number of hydrogen-bond donors (Lipinski definition) is 3. The van der Waals surface area contributed by atoms with Crippen molar-refractivity contribution in [1.29, 1.82) is 0 Å². The second-order valence-electron chi connectivity index (χ2n) is 11.7. The molecule has 1 aliphatic heterocycles. The molecule has 1 aliphatic rings. The molecule has 10 heteroatoms. The quantitative estimate of drug-likeness (QED) is 0.166. The van der Waals surface area contributed by atoms with Gasteiger partial charge in [0.15, 0.2) is 17.3 Å². The minimum Gasteiger partial charge on any atom is -0.493 e. The van der Waals surface area contributed by atoms with Crippen molar-refractivity contribution < 1.29 is 28.2 Å². The van der Waals surface area contributed by atoms with Gasteiger partial charge in [0.2, 0.25) is 0 Å². The summed E-state index contributed by atoms with van der Waals surface area (Å²) in [4.78, 5) is 27.8. The standard InChI is InChI=1S/C36H47FN4O5/c1-6-9-18-41-19-16-29(17-20-41)45-32-15-10-25(21-24(32)4)35(42)38-27-11-13-28(14-12-27)46-34-22-30(37)31(23-33(34)44-5)40-36(43)39-26(7-2)8-3/h10-15,21-23,26,29H,6-9,16-20H2,1-5H3,(H,38,42)(H2,39,40,43). The highest BCUT2D eigenvalue weighted by molar-refractivity contribution is 6.04. The van der Waals surface area contributed by atoms with Crippen LogP contribution in [0.4, 0.5) is 20.6 Å². The Labute approximate surface area is 271 Å². The number of halogens is 1. The molecular weight excluding hydrogens is 587 g/mol. The van der Waals surface area contributed by atoms with Crippen molar-refractivity contribution in [2.45, 2.75) is 78.4 Å². The summed E-state index contributed by atoms with van der Waals surface area (Å²) in [6.45, 7) is 11.4. The first-order valence-corrected chi connectivity index (χ1v) is 16.3. The number of amides is 3. The number of anilines is 2.